The van der Waals surface area contributed by atoms with Gasteiger partial charge in [0.2, 0.25) is 5.82 Å². The molecule has 0 radical (unpaired) electrons. The maximum atomic E-state index is 13.2. The minimum absolute atomic E-state index is 0.0648. The number of aromatic amines is 1. The van der Waals surface area contributed by atoms with Gasteiger partial charge < -0.3 is 15.9 Å². The summed E-state index contributed by atoms with van der Waals surface area (Å²) in [5.74, 6) is -0.0219. The van der Waals surface area contributed by atoms with Crippen LogP contribution in [0.5, 0.6) is 0 Å². The van der Waals surface area contributed by atoms with Crippen LogP contribution in [0.4, 0.5) is 5.13 Å². The molecule has 2 amide bonds. The van der Waals surface area contributed by atoms with Crippen LogP contribution >= 0.6 is 34.4 Å². The van der Waals surface area contributed by atoms with Crippen molar-refractivity contribution in [1.29, 1.82) is 0 Å². The molecule has 1 saturated heterocycles. The second-order valence-electron chi connectivity index (χ2n) is 7.30. The third kappa shape index (κ3) is 4.30. The number of nitrogens with zero attached hydrogens (tertiary/aromatic N) is 7. The monoisotopic (exact) mass is 530 g/mol. The number of fused-ring (bicyclic) bond motifs is 1. The van der Waals surface area contributed by atoms with Crippen molar-refractivity contribution >= 4 is 68.9 Å². The van der Waals surface area contributed by atoms with Crippen LogP contribution in [0.25, 0.3) is 11.8 Å². The lowest BCUT2D eigenvalue weighted by Crippen LogP contribution is -2.70. The normalized spacial score (nSPS) is 20.2. The van der Waals surface area contributed by atoms with Crippen molar-refractivity contribution in [1.82, 2.24) is 40.8 Å². The van der Waals surface area contributed by atoms with Crippen molar-refractivity contribution in [3.63, 3.8) is 0 Å². The Morgan fingerprint density at radius 3 is 2.91 bits per heavy atom. The number of allylic oxidation sites excluding steroid dienone is 1. The number of carbonyl (C=O) groups is 2. The first kappa shape index (κ1) is 23.1. The number of oxime groups is 1. The highest BCUT2D eigenvalue weighted by atomic mass is 32.2. The first-order valence-electron chi connectivity index (χ1n) is 10.1. The van der Waals surface area contributed by atoms with Gasteiger partial charge in [0.1, 0.15) is 24.2 Å². The molecule has 0 unspecified atom stereocenters. The molecular weight excluding hydrogens is 512 g/mol. The molecule has 3 aromatic rings. The number of hydrogen-bond donors (Lipinski definition) is 3. The average molecular weight is 531 g/mol. The molecule has 5 heterocycles. The lowest BCUT2D eigenvalue weighted by molar-refractivity contribution is -0.142. The molecule has 0 bridgehead atoms. The van der Waals surface area contributed by atoms with Crippen LogP contribution in [-0.4, -0.2) is 77.3 Å². The van der Waals surface area contributed by atoms with Gasteiger partial charge in [0.15, 0.2) is 10.8 Å². The van der Waals surface area contributed by atoms with E-state index in [0.717, 1.165) is 16.1 Å². The van der Waals surface area contributed by atoms with Crippen LogP contribution in [0.3, 0.4) is 0 Å². The van der Waals surface area contributed by atoms with Crippen molar-refractivity contribution in [3.05, 3.63) is 44.6 Å². The first-order chi connectivity index (χ1) is 17.0. The molecule has 35 heavy (non-hydrogen) atoms. The van der Waals surface area contributed by atoms with Crippen LogP contribution in [0.1, 0.15) is 22.1 Å². The summed E-state index contributed by atoms with van der Waals surface area (Å²) in [6, 6.07) is -0.776. The summed E-state index contributed by atoms with van der Waals surface area (Å²) in [5, 5.41) is 22.3. The summed E-state index contributed by atoms with van der Waals surface area (Å²) in [4.78, 5) is 41.9. The highest BCUT2D eigenvalue weighted by Crippen LogP contribution is 2.43. The van der Waals surface area contributed by atoms with E-state index in [2.05, 4.69) is 41.1 Å². The number of anilines is 1. The summed E-state index contributed by atoms with van der Waals surface area (Å²) in [7, 11) is 1.32. The molecule has 4 N–H and O–H groups in total. The first-order valence-corrected chi connectivity index (χ1v) is 12.9. The molecule has 0 aliphatic carbocycles. The highest BCUT2D eigenvalue weighted by molar-refractivity contribution is 8.00. The van der Waals surface area contributed by atoms with E-state index in [9.17, 15) is 9.59 Å². The smallest absolute Gasteiger partial charge is 0.276 e. The minimum Gasteiger partial charge on any atom is -0.398 e. The number of aromatic nitrogens is 6. The molecule has 5 rings (SSSR count). The van der Waals surface area contributed by atoms with E-state index in [1.807, 2.05) is 19.1 Å². The third-order valence-electron chi connectivity index (χ3n) is 5.22. The fourth-order valence-corrected chi connectivity index (χ4v) is 6.15. The van der Waals surface area contributed by atoms with E-state index in [0.29, 0.717) is 17.3 Å². The Balaban J connectivity index is 1.40. The highest BCUT2D eigenvalue weighted by Gasteiger charge is 2.53. The summed E-state index contributed by atoms with van der Waals surface area (Å²) < 4.78 is 0. The number of nitrogens with one attached hydrogen (secondary N) is 2. The number of tetrazole rings is 1. The molecule has 0 saturated carbocycles. The fourth-order valence-electron chi connectivity index (χ4n) is 3.59. The number of β-lactam (4-membered cyclic amide) rings is 1. The number of rotatable bonds is 7. The Labute approximate surface area is 210 Å². The van der Waals surface area contributed by atoms with Crippen molar-refractivity contribution in [2.45, 2.75) is 18.3 Å². The van der Waals surface area contributed by atoms with Crippen LogP contribution < -0.4 is 11.1 Å². The Kier molecular flexibility index (Phi) is 6.31. The Morgan fingerprint density at radius 2 is 2.26 bits per heavy atom. The molecule has 1 fully saturated rings. The van der Waals surface area contributed by atoms with Crippen LogP contribution in [-0.2, 0) is 14.4 Å². The van der Waals surface area contributed by atoms with Crippen molar-refractivity contribution in [3.8, 4) is 0 Å². The fraction of sp³-hybridized carbons (Fsp3) is 0.263. The lowest BCUT2D eigenvalue weighted by atomic mass is 10.0. The largest absolute Gasteiger partial charge is 0.398 e. The second-order valence-corrected chi connectivity index (χ2v) is 10.2. The van der Waals surface area contributed by atoms with E-state index in [4.69, 9.17) is 10.6 Å². The van der Waals surface area contributed by atoms with Crippen LogP contribution in [0.2, 0.25) is 0 Å². The summed E-state index contributed by atoms with van der Waals surface area (Å²) in [6.45, 7) is 1.93. The maximum absolute atomic E-state index is 13.2. The summed E-state index contributed by atoms with van der Waals surface area (Å²) in [6.07, 6.45) is 3.89. The topological polar surface area (TPSA) is 177 Å². The Bertz CT molecular complexity index is 1360. The Morgan fingerprint density at radius 1 is 1.40 bits per heavy atom. The molecule has 13 nitrogen and oxygen atoms in total. The van der Waals surface area contributed by atoms with Gasteiger partial charge in [-0.1, -0.05) is 11.2 Å². The number of H-pyrrole nitrogens is 1. The molecule has 0 aromatic carbocycles. The van der Waals surface area contributed by atoms with E-state index < -0.39 is 11.9 Å². The number of thiazole rings is 2. The van der Waals surface area contributed by atoms with E-state index in [-0.39, 0.29) is 27.8 Å². The predicted molar refractivity (Wildman–Crippen MR) is 132 cm³/mol. The van der Waals surface area contributed by atoms with Gasteiger partial charge in [-0.15, -0.1) is 44.6 Å². The maximum Gasteiger partial charge on any atom is 0.276 e. The zero-order chi connectivity index (χ0) is 24.5. The molecule has 0 spiro atoms. The van der Waals surface area contributed by atoms with E-state index >= 15 is 0 Å². The van der Waals surface area contributed by atoms with Gasteiger partial charge in [0, 0.05) is 16.0 Å². The number of nitrogens with two attached hydrogens (primary N) is 1. The van der Waals surface area contributed by atoms with Gasteiger partial charge >= 0.3 is 0 Å². The quantitative estimate of drug-likeness (QED) is 0.226. The summed E-state index contributed by atoms with van der Waals surface area (Å²) >= 11 is 4.22. The summed E-state index contributed by atoms with van der Waals surface area (Å²) in [5.41, 5.74) is 10.00. The van der Waals surface area contributed by atoms with E-state index in [1.165, 1.54) is 41.5 Å². The van der Waals surface area contributed by atoms with Gasteiger partial charge in [-0.05, 0) is 23.8 Å². The number of thioether (sulfide) groups is 1. The molecule has 180 valence electrons. The van der Waals surface area contributed by atoms with Gasteiger partial charge in [0.25, 0.3) is 11.8 Å². The molecule has 2 aliphatic rings. The molecule has 2 aliphatic heterocycles. The molecule has 16 heteroatoms. The number of amides is 2. The number of carbonyl (C=O) groups excluding carboxylic acids is 2. The number of aryl methyl sites for hydroxylation is 1. The number of nitrogen functional groups attached to an aromatic ring is 1. The molecular formula is C19H18N10O3S3. The third-order valence-corrected chi connectivity index (χ3v) is 8.09. The molecule has 2 atom stereocenters. The zero-order valence-electron chi connectivity index (χ0n) is 18.3. The van der Waals surface area contributed by atoms with Gasteiger partial charge in [-0.25, -0.2) is 9.97 Å². The van der Waals surface area contributed by atoms with Crippen LogP contribution in [0.15, 0.2) is 27.7 Å². The lowest BCUT2D eigenvalue weighted by Gasteiger charge is -2.49. The number of hydrogen-bond acceptors (Lipinski definition) is 13. The molecule has 3 aromatic heterocycles. The zero-order valence-corrected chi connectivity index (χ0v) is 20.8. The average Bonchev–Trinajstić information content (AvgIpc) is 3.62. The van der Waals surface area contributed by atoms with Crippen molar-refractivity contribution in [2.24, 2.45) is 5.16 Å². The van der Waals surface area contributed by atoms with E-state index in [1.54, 1.807) is 15.8 Å². The SMILES string of the molecule is CO/N=C(\C(=O)N[C@@H]1C(=O)N2C(c3nn[nH]n3)=C(/C=C\c3scnc3C)CS[C@H]12)c1csc(N)n1. The minimum atomic E-state index is -0.776. The van der Waals surface area contributed by atoms with Gasteiger partial charge in [-0.3, -0.25) is 14.5 Å². The van der Waals surface area contributed by atoms with Crippen LogP contribution in [0, 0.1) is 6.92 Å². The predicted octanol–water partition coefficient (Wildman–Crippen LogP) is 0.878. The second kappa shape index (κ2) is 9.55. The standard InChI is InChI=1S/C19H18N10O3S3/c1-8-11(35-7-21-8)4-3-9-5-33-18-13(17(31)29(18)14(9)15-24-27-28-25-15)23-16(30)12(26-32-2)10-6-34-19(20)22-10/h3-4,6-7,13,18H,5H2,1-2H3,(H2,20,22)(H,23,30)(H,24,25,27,28)/b4-3-,26-12-/t13-,18-/m1/s1. The van der Waals surface area contributed by atoms with Gasteiger partial charge in [-0.2, -0.15) is 5.21 Å². The van der Waals surface area contributed by atoms with Gasteiger partial charge in [0.05, 0.1) is 16.9 Å². The van der Waals surface area contributed by atoms with Crippen molar-refractivity contribution < 1.29 is 14.4 Å². The Hall–Kier alpha value is -3.63. The van der Waals surface area contributed by atoms with Crippen molar-refractivity contribution in [2.75, 3.05) is 18.6 Å².